The monoisotopic (exact) mass is 363 g/mol. The predicted molar refractivity (Wildman–Crippen MR) is 91.6 cm³/mol. The van der Waals surface area contributed by atoms with E-state index in [1.54, 1.807) is 0 Å². The van der Waals surface area contributed by atoms with Gasteiger partial charge in [-0.15, -0.1) is 11.3 Å². The highest BCUT2D eigenvalue weighted by molar-refractivity contribution is 7.09. The molecule has 1 aliphatic heterocycles. The van der Waals surface area contributed by atoms with E-state index in [0.717, 1.165) is 29.0 Å². The van der Waals surface area contributed by atoms with Gasteiger partial charge in [0.25, 0.3) is 0 Å². The van der Waals surface area contributed by atoms with Crippen LogP contribution in [-0.4, -0.2) is 35.2 Å². The summed E-state index contributed by atoms with van der Waals surface area (Å²) in [6.45, 7) is -0.0761. The second kappa shape index (κ2) is 7.35. The molecule has 1 saturated carbocycles. The maximum Gasteiger partial charge on any atom is 0.321 e. The number of imide groups is 2. The molecule has 1 spiro atoms. The number of hydrogen-bond acceptors (Lipinski definition) is 5. The summed E-state index contributed by atoms with van der Waals surface area (Å²) < 4.78 is 0. The molecule has 2 heterocycles. The number of rotatable bonds is 4. The van der Waals surface area contributed by atoms with Gasteiger partial charge < -0.3 is 5.32 Å². The average molecular weight is 363 g/mol. The molecular formula is C17H21N3O4S. The number of nitrogens with one attached hydrogen (secondary N) is 2. The van der Waals surface area contributed by atoms with E-state index in [1.807, 2.05) is 17.5 Å². The van der Waals surface area contributed by atoms with E-state index in [1.165, 1.54) is 11.3 Å². The van der Waals surface area contributed by atoms with Gasteiger partial charge in [-0.25, -0.2) is 4.79 Å². The summed E-state index contributed by atoms with van der Waals surface area (Å²) in [6, 6.07) is 3.11. The number of carbonyl (C=O) groups is 4. The summed E-state index contributed by atoms with van der Waals surface area (Å²) in [5.74, 6) is -1.23. The fourth-order valence-electron chi connectivity index (χ4n) is 3.57. The minimum absolute atomic E-state index is 0.184. The van der Waals surface area contributed by atoms with Gasteiger partial charge in [0.15, 0.2) is 0 Å². The zero-order valence-electron chi connectivity index (χ0n) is 13.9. The summed E-state index contributed by atoms with van der Waals surface area (Å²) >= 11 is 1.50. The van der Waals surface area contributed by atoms with Gasteiger partial charge in [-0.2, -0.15) is 0 Å². The molecule has 3 rings (SSSR count). The van der Waals surface area contributed by atoms with Gasteiger partial charge in [0.1, 0.15) is 6.54 Å². The van der Waals surface area contributed by atoms with E-state index < -0.39 is 23.9 Å². The molecule has 2 fully saturated rings. The topological polar surface area (TPSA) is 95.6 Å². The summed E-state index contributed by atoms with van der Waals surface area (Å²) in [4.78, 5) is 50.6. The number of carbonyl (C=O) groups excluding carboxylic acids is 4. The largest absolute Gasteiger partial charge is 0.333 e. The molecule has 134 valence electrons. The van der Waals surface area contributed by atoms with E-state index in [0.29, 0.717) is 19.4 Å². The molecule has 7 nitrogen and oxygen atoms in total. The maximum atomic E-state index is 12.6. The second-order valence-electron chi connectivity index (χ2n) is 6.61. The van der Waals surface area contributed by atoms with Crippen LogP contribution in [0.4, 0.5) is 4.79 Å². The van der Waals surface area contributed by atoms with Crippen molar-refractivity contribution < 1.29 is 19.2 Å². The standard InChI is InChI=1S/C17H21N3O4S/c21-13(19-16(24)18-10-12-5-4-8-25-12)11-20-14(22)9-17(15(20)23)6-2-1-3-7-17/h4-5,8H,1-3,6-7,9-11H2,(H2,18,19,21,24). The fraction of sp³-hybridized carbons (Fsp3) is 0.529. The molecule has 1 saturated heterocycles. The number of urea groups is 1. The molecule has 1 aliphatic carbocycles. The maximum absolute atomic E-state index is 12.6. The van der Waals surface area contributed by atoms with Gasteiger partial charge in [0.05, 0.1) is 12.0 Å². The van der Waals surface area contributed by atoms with Crippen molar-refractivity contribution in [2.75, 3.05) is 6.54 Å². The van der Waals surface area contributed by atoms with E-state index in [2.05, 4.69) is 10.6 Å². The van der Waals surface area contributed by atoms with Crippen molar-refractivity contribution in [2.24, 2.45) is 5.41 Å². The Bertz CT molecular complexity index is 680. The van der Waals surface area contributed by atoms with E-state index >= 15 is 0 Å². The van der Waals surface area contributed by atoms with Crippen molar-refractivity contribution in [2.45, 2.75) is 45.1 Å². The zero-order chi connectivity index (χ0) is 17.9. The molecule has 5 amide bonds. The normalized spacial score (nSPS) is 19.3. The van der Waals surface area contributed by atoms with Gasteiger partial charge in [-0.05, 0) is 24.3 Å². The Balaban J connectivity index is 1.51. The number of thiophene rings is 1. The van der Waals surface area contributed by atoms with Crippen LogP contribution in [0, 0.1) is 5.41 Å². The lowest BCUT2D eigenvalue weighted by molar-refractivity contribution is -0.145. The molecule has 0 radical (unpaired) electrons. The zero-order valence-corrected chi connectivity index (χ0v) is 14.7. The van der Waals surface area contributed by atoms with Crippen molar-refractivity contribution in [3.05, 3.63) is 22.4 Å². The van der Waals surface area contributed by atoms with Crippen molar-refractivity contribution in [1.82, 2.24) is 15.5 Å². The lowest BCUT2D eigenvalue weighted by Gasteiger charge is -2.30. The van der Waals surface area contributed by atoms with Crippen molar-refractivity contribution in [3.63, 3.8) is 0 Å². The third-order valence-corrected chi connectivity index (χ3v) is 5.73. The molecule has 0 aromatic carbocycles. The number of likely N-dealkylation sites (tertiary alicyclic amines) is 1. The summed E-state index contributed by atoms with van der Waals surface area (Å²) in [5.41, 5.74) is -0.614. The van der Waals surface area contributed by atoms with Crippen LogP contribution >= 0.6 is 11.3 Å². The quantitative estimate of drug-likeness (QED) is 0.797. The minimum atomic E-state index is -0.654. The highest BCUT2D eigenvalue weighted by Crippen LogP contribution is 2.45. The Labute approximate surface area is 149 Å². The van der Waals surface area contributed by atoms with Gasteiger partial charge in [-0.3, -0.25) is 24.6 Å². The van der Waals surface area contributed by atoms with Crippen LogP contribution in [0.2, 0.25) is 0 Å². The van der Waals surface area contributed by atoms with Gasteiger partial charge in [0.2, 0.25) is 17.7 Å². The van der Waals surface area contributed by atoms with Gasteiger partial charge >= 0.3 is 6.03 Å². The molecule has 1 aromatic heterocycles. The van der Waals surface area contributed by atoms with Crippen molar-refractivity contribution >= 4 is 35.1 Å². The number of amides is 5. The first-order valence-electron chi connectivity index (χ1n) is 8.45. The lowest BCUT2D eigenvalue weighted by Crippen LogP contribution is -2.46. The SMILES string of the molecule is O=C(CN1C(=O)CC2(CCCCC2)C1=O)NC(=O)NCc1cccs1. The first kappa shape index (κ1) is 17.6. The number of nitrogens with zero attached hydrogens (tertiary/aromatic N) is 1. The summed E-state index contributed by atoms with van der Waals surface area (Å²) in [6.07, 6.45) is 4.54. The first-order valence-corrected chi connectivity index (χ1v) is 9.33. The molecular weight excluding hydrogens is 342 g/mol. The van der Waals surface area contributed by atoms with E-state index in [4.69, 9.17) is 0 Å². The van der Waals surface area contributed by atoms with E-state index in [9.17, 15) is 19.2 Å². The third-order valence-electron chi connectivity index (χ3n) is 4.86. The molecule has 8 heteroatoms. The van der Waals surface area contributed by atoms with Gasteiger partial charge in [-0.1, -0.05) is 25.3 Å². The fourth-order valence-corrected chi connectivity index (χ4v) is 4.22. The molecule has 0 atom stereocenters. The lowest BCUT2D eigenvalue weighted by atomic mass is 9.73. The Morgan fingerprint density at radius 3 is 2.64 bits per heavy atom. The summed E-state index contributed by atoms with van der Waals surface area (Å²) in [5, 5.41) is 6.64. The average Bonchev–Trinajstić information content (AvgIpc) is 3.17. The Morgan fingerprint density at radius 2 is 1.96 bits per heavy atom. The molecule has 2 aliphatic rings. The Morgan fingerprint density at radius 1 is 1.20 bits per heavy atom. The summed E-state index contributed by atoms with van der Waals surface area (Å²) in [7, 11) is 0. The van der Waals surface area contributed by atoms with Crippen molar-refractivity contribution in [3.8, 4) is 0 Å². The molecule has 25 heavy (non-hydrogen) atoms. The Hall–Kier alpha value is -2.22. The predicted octanol–water partition coefficient (Wildman–Crippen LogP) is 1.78. The van der Waals surface area contributed by atoms with Crippen LogP contribution in [0.15, 0.2) is 17.5 Å². The van der Waals surface area contributed by atoms with Crippen LogP contribution < -0.4 is 10.6 Å². The van der Waals surface area contributed by atoms with Crippen LogP contribution in [0.1, 0.15) is 43.4 Å². The van der Waals surface area contributed by atoms with Gasteiger partial charge in [0, 0.05) is 11.3 Å². The highest BCUT2D eigenvalue weighted by Gasteiger charge is 2.51. The Kier molecular flexibility index (Phi) is 5.17. The van der Waals surface area contributed by atoms with Crippen LogP contribution in [0.25, 0.3) is 0 Å². The molecule has 0 bridgehead atoms. The third kappa shape index (κ3) is 3.89. The first-order chi connectivity index (χ1) is 12.0. The smallest absolute Gasteiger partial charge is 0.321 e. The molecule has 0 unspecified atom stereocenters. The van der Waals surface area contributed by atoms with Crippen LogP contribution in [0.5, 0.6) is 0 Å². The minimum Gasteiger partial charge on any atom is -0.333 e. The van der Waals surface area contributed by atoms with E-state index in [-0.39, 0.29) is 18.2 Å². The highest BCUT2D eigenvalue weighted by atomic mass is 32.1. The molecule has 1 aromatic rings. The number of hydrogen-bond donors (Lipinski definition) is 2. The second-order valence-corrected chi connectivity index (χ2v) is 7.65. The van der Waals surface area contributed by atoms with Crippen LogP contribution in [-0.2, 0) is 20.9 Å². The van der Waals surface area contributed by atoms with Crippen molar-refractivity contribution in [1.29, 1.82) is 0 Å². The molecule has 2 N–H and O–H groups in total. The van der Waals surface area contributed by atoms with Crippen LogP contribution in [0.3, 0.4) is 0 Å².